The van der Waals surface area contributed by atoms with Crippen LogP contribution in [0, 0.1) is 4.64 Å². The molecular formula is C9H3Cl2F3N2S. The van der Waals surface area contributed by atoms with Crippen LogP contribution in [0.15, 0.2) is 12.1 Å². The van der Waals surface area contributed by atoms with Gasteiger partial charge in [-0.15, -0.1) is 0 Å². The van der Waals surface area contributed by atoms with E-state index in [1.54, 1.807) is 0 Å². The molecule has 0 spiro atoms. The van der Waals surface area contributed by atoms with E-state index in [9.17, 15) is 13.2 Å². The maximum Gasteiger partial charge on any atom is 0.436 e. The van der Waals surface area contributed by atoms with Gasteiger partial charge in [-0.05, 0) is 12.1 Å². The topological polar surface area (TPSA) is 28.7 Å². The number of aromatic nitrogens is 2. The lowest BCUT2D eigenvalue weighted by molar-refractivity contribution is -0.141. The molecule has 2 rings (SSSR count). The number of halogens is 5. The van der Waals surface area contributed by atoms with Crippen LogP contribution in [-0.2, 0) is 6.18 Å². The van der Waals surface area contributed by atoms with E-state index >= 15 is 0 Å². The molecule has 0 atom stereocenters. The summed E-state index contributed by atoms with van der Waals surface area (Å²) in [6.07, 6.45) is -4.60. The number of nitrogens with zero attached hydrogens (tertiary/aromatic N) is 1. The number of fused-ring (bicyclic) bond motifs is 1. The minimum atomic E-state index is -4.60. The average Bonchev–Trinajstić information content (AvgIpc) is 2.18. The van der Waals surface area contributed by atoms with Gasteiger partial charge in [0.2, 0.25) is 0 Å². The molecule has 0 saturated carbocycles. The first-order chi connectivity index (χ1) is 7.79. The first-order valence-corrected chi connectivity index (χ1v) is 5.42. The van der Waals surface area contributed by atoms with Gasteiger partial charge in [0, 0.05) is 0 Å². The Bertz CT molecular complexity index is 651. The Kier molecular flexibility index (Phi) is 3.05. The molecule has 2 aromatic rings. The highest BCUT2D eigenvalue weighted by atomic mass is 35.5. The van der Waals surface area contributed by atoms with E-state index in [0.717, 1.165) is 0 Å². The lowest BCUT2D eigenvalue weighted by Gasteiger charge is -2.08. The van der Waals surface area contributed by atoms with Gasteiger partial charge in [-0.25, -0.2) is 4.98 Å². The summed E-state index contributed by atoms with van der Waals surface area (Å²) >= 11 is 16.0. The molecule has 1 heterocycles. The van der Waals surface area contributed by atoms with E-state index in [4.69, 9.17) is 23.2 Å². The monoisotopic (exact) mass is 298 g/mol. The van der Waals surface area contributed by atoms with Crippen molar-refractivity contribution < 1.29 is 13.2 Å². The van der Waals surface area contributed by atoms with Gasteiger partial charge < -0.3 is 4.98 Å². The third kappa shape index (κ3) is 2.38. The maximum absolute atomic E-state index is 12.5. The van der Waals surface area contributed by atoms with Crippen molar-refractivity contribution in [2.45, 2.75) is 6.18 Å². The fourth-order valence-corrected chi connectivity index (χ4v) is 1.87. The molecule has 17 heavy (non-hydrogen) atoms. The van der Waals surface area contributed by atoms with Gasteiger partial charge in [0.25, 0.3) is 0 Å². The summed E-state index contributed by atoms with van der Waals surface area (Å²) in [6.45, 7) is 0. The number of hydrogen-bond acceptors (Lipinski definition) is 2. The predicted molar refractivity (Wildman–Crippen MR) is 61.9 cm³/mol. The van der Waals surface area contributed by atoms with Crippen molar-refractivity contribution >= 4 is 46.5 Å². The van der Waals surface area contributed by atoms with Crippen molar-refractivity contribution in [1.29, 1.82) is 0 Å². The Labute approximate surface area is 108 Å². The summed E-state index contributed by atoms with van der Waals surface area (Å²) in [6, 6.07) is 2.63. The number of nitrogens with one attached hydrogen (secondary N) is 1. The smallest absolute Gasteiger partial charge is 0.343 e. The second-order valence-electron chi connectivity index (χ2n) is 3.20. The number of H-pyrrole nitrogens is 1. The third-order valence-electron chi connectivity index (χ3n) is 2.00. The molecule has 1 aromatic carbocycles. The molecule has 0 radical (unpaired) electrons. The highest BCUT2D eigenvalue weighted by Gasteiger charge is 2.34. The minimum absolute atomic E-state index is 0.0559. The second kappa shape index (κ2) is 4.12. The van der Waals surface area contributed by atoms with Crippen LogP contribution in [0.5, 0.6) is 0 Å². The zero-order valence-corrected chi connectivity index (χ0v) is 10.2. The molecule has 0 aliphatic heterocycles. The van der Waals surface area contributed by atoms with Gasteiger partial charge in [-0.2, -0.15) is 13.2 Å². The summed E-state index contributed by atoms with van der Waals surface area (Å²) in [7, 11) is 0. The number of hydrogen-bond donors (Lipinski definition) is 1. The van der Waals surface area contributed by atoms with Crippen LogP contribution in [0.2, 0.25) is 10.0 Å². The van der Waals surface area contributed by atoms with E-state index in [1.807, 2.05) is 0 Å². The Balaban J connectivity index is 2.81. The van der Waals surface area contributed by atoms with Gasteiger partial charge >= 0.3 is 6.18 Å². The van der Waals surface area contributed by atoms with E-state index in [0.29, 0.717) is 5.52 Å². The Morgan fingerprint density at radius 2 is 1.76 bits per heavy atom. The summed E-state index contributed by atoms with van der Waals surface area (Å²) < 4.78 is 37.2. The molecule has 0 aliphatic rings. The van der Waals surface area contributed by atoms with Crippen molar-refractivity contribution in [3.63, 3.8) is 0 Å². The van der Waals surface area contributed by atoms with Crippen LogP contribution in [0.4, 0.5) is 13.2 Å². The molecule has 0 aliphatic carbocycles. The van der Waals surface area contributed by atoms with Gasteiger partial charge in [0.15, 0.2) is 5.69 Å². The zero-order chi connectivity index (χ0) is 12.8. The van der Waals surface area contributed by atoms with Crippen molar-refractivity contribution in [2.24, 2.45) is 0 Å². The average molecular weight is 299 g/mol. The molecule has 1 N–H and O–H groups in total. The normalized spacial score (nSPS) is 12.1. The third-order valence-corrected chi connectivity index (χ3v) is 3.02. The van der Waals surface area contributed by atoms with E-state index in [1.165, 1.54) is 12.1 Å². The van der Waals surface area contributed by atoms with Gasteiger partial charge in [0.05, 0.1) is 21.1 Å². The molecule has 0 saturated heterocycles. The van der Waals surface area contributed by atoms with Gasteiger partial charge in [0.1, 0.15) is 4.64 Å². The molecule has 0 bridgehead atoms. The maximum atomic E-state index is 12.5. The van der Waals surface area contributed by atoms with Crippen molar-refractivity contribution in [1.82, 2.24) is 9.97 Å². The standard InChI is InChI=1S/C9H3Cl2F3N2S/c10-3-1-5-6(2-4(3)11)16-8(17)7(15-5)9(12,13)14/h1-2H,(H,16,17). The van der Waals surface area contributed by atoms with Crippen LogP contribution in [0.1, 0.15) is 5.69 Å². The minimum Gasteiger partial charge on any atom is -0.343 e. The molecule has 1 aromatic heterocycles. The van der Waals surface area contributed by atoms with Crippen molar-refractivity contribution in [2.75, 3.05) is 0 Å². The van der Waals surface area contributed by atoms with Gasteiger partial charge in [-0.1, -0.05) is 35.4 Å². The van der Waals surface area contributed by atoms with Crippen molar-refractivity contribution in [3.8, 4) is 0 Å². The molecule has 8 heteroatoms. The highest BCUT2D eigenvalue weighted by Crippen LogP contribution is 2.31. The van der Waals surface area contributed by atoms with Crippen LogP contribution in [0.25, 0.3) is 11.0 Å². The molecule has 2 nitrogen and oxygen atoms in total. The number of rotatable bonds is 0. The van der Waals surface area contributed by atoms with Crippen LogP contribution in [0.3, 0.4) is 0 Å². The fourth-order valence-electron chi connectivity index (χ4n) is 1.27. The van der Waals surface area contributed by atoms with E-state index in [2.05, 4.69) is 22.2 Å². The van der Waals surface area contributed by atoms with Gasteiger partial charge in [-0.3, -0.25) is 0 Å². The summed E-state index contributed by atoms with van der Waals surface area (Å²) in [4.78, 5) is 5.87. The quantitative estimate of drug-likeness (QED) is 0.719. The summed E-state index contributed by atoms with van der Waals surface area (Å²) in [5.74, 6) is 0. The largest absolute Gasteiger partial charge is 0.436 e. The zero-order valence-electron chi connectivity index (χ0n) is 7.90. The molecule has 0 fully saturated rings. The van der Waals surface area contributed by atoms with Crippen LogP contribution >= 0.6 is 35.4 Å². The fraction of sp³-hybridized carbons (Fsp3) is 0.111. The number of aromatic amines is 1. The number of alkyl halides is 3. The second-order valence-corrected chi connectivity index (χ2v) is 4.42. The van der Waals surface area contributed by atoms with Crippen molar-refractivity contribution in [3.05, 3.63) is 32.5 Å². The SMILES string of the molecule is FC(F)(F)c1nc2cc(Cl)c(Cl)cc2[nH]c1=S. The Morgan fingerprint density at radius 3 is 2.35 bits per heavy atom. The highest BCUT2D eigenvalue weighted by molar-refractivity contribution is 7.71. The number of benzene rings is 1. The van der Waals surface area contributed by atoms with E-state index in [-0.39, 0.29) is 15.6 Å². The molecular weight excluding hydrogens is 296 g/mol. The summed E-state index contributed by atoms with van der Waals surface area (Å²) in [5.41, 5.74) is -0.781. The first kappa shape index (κ1) is 12.6. The molecule has 0 unspecified atom stereocenters. The van der Waals surface area contributed by atoms with Crippen LogP contribution < -0.4 is 0 Å². The lowest BCUT2D eigenvalue weighted by atomic mass is 10.3. The molecule has 90 valence electrons. The molecule has 0 amide bonds. The summed E-state index contributed by atoms with van der Waals surface area (Å²) in [5, 5.41) is 0.344. The Morgan fingerprint density at radius 1 is 1.18 bits per heavy atom. The Hall–Kier alpha value is -0.850. The first-order valence-electron chi connectivity index (χ1n) is 4.25. The van der Waals surface area contributed by atoms with E-state index < -0.39 is 16.5 Å². The predicted octanol–water partition coefficient (Wildman–Crippen LogP) is 4.62. The van der Waals surface area contributed by atoms with Crippen LogP contribution in [-0.4, -0.2) is 9.97 Å². The lowest BCUT2D eigenvalue weighted by Crippen LogP contribution is -2.10.